The van der Waals surface area contributed by atoms with Gasteiger partial charge >= 0.3 is 0 Å². The van der Waals surface area contributed by atoms with Gasteiger partial charge < -0.3 is 9.16 Å². The van der Waals surface area contributed by atoms with Crippen LogP contribution in [-0.4, -0.2) is 38.5 Å². The highest BCUT2D eigenvalue weighted by molar-refractivity contribution is 9.10. The number of carbonyl (C=O) groups is 1. The molecule has 1 aliphatic rings. The minimum atomic E-state index is -2.68. The number of halogens is 1. The van der Waals surface area contributed by atoms with E-state index in [1.807, 2.05) is 24.3 Å². The first kappa shape index (κ1) is 25.8. The Balaban J connectivity index is 1.74. The average molecular weight is 554 g/mol. The molecule has 1 saturated heterocycles. The summed E-state index contributed by atoms with van der Waals surface area (Å²) in [6, 6.07) is 25.1. The van der Waals surface area contributed by atoms with Crippen molar-refractivity contribution in [1.82, 2.24) is 4.98 Å². The van der Waals surface area contributed by atoms with Gasteiger partial charge in [-0.1, -0.05) is 88.4 Å². The third-order valence-electron chi connectivity index (χ3n) is 6.60. The Labute approximate surface area is 217 Å². The zero-order chi connectivity index (χ0) is 25.1. The Hall–Kier alpha value is -2.32. The predicted molar refractivity (Wildman–Crippen MR) is 147 cm³/mol. The maximum absolute atomic E-state index is 12.7. The van der Waals surface area contributed by atoms with Crippen LogP contribution in [0.4, 0.5) is 5.82 Å². The lowest BCUT2D eigenvalue weighted by atomic mass is 10.1. The van der Waals surface area contributed by atoms with Crippen LogP contribution in [0.25, 0.3) is 0 Å². The molecular weight excluding hydrogens is 520 g/mol. The molecule has 0 N–H and O–H groups in total. The third kappa shape index (κ3) is 5.28. The van der Waals surface area contributed by atoms with Crippen molar-refractivity contribution >= 4 is 46.3 Å². The first-order chi connectivity index (χ1) is 16.8. The van der Waals surface area contributed by atoms with Gasteiger partial charge in [0.2, 0.25) is 0 Å². The molecule has 0 aliphatic carbocycles. The Morgan fingerprint density at radius 2 is 1.66 bits per heavy atom. The SMILES string of the molecule is CCC1COCC(=O)N1c1cc(CO[Si](c2ccccc2)(c2ccccc2)C(C)(C)C)cc(Br)n1. The molecule has 35 heavy (non-hydrogen) atoms. The average Bonchev–Trinajstić information content (AvgIpc) is 2.84. The number of pyridine rings is 1. The topological polar surface area (TPSA) is 51.7 Å². The van der Waals surface area contributed by atoms with Crippen molar-refractivity contribution in [3.8, 4) is 0 Å². The molecule has 1 unspecified atom stereocenters. The quantitative estimate of drug-likeness (QED) is 0.303. The van der Waals surface area contributed by atoms with E-state index in [1.165, 1.54) is 10.4 Å². The second-order valence-corrected chi connectivity index (χ2v) is 15.1. The van der Waals surface area contributed by atoms with Crippen LogP contribution in [0.5, 0.6) is 0 Å². The Bertz CT molecular complexity index is 1110. The van der Waals surface area contributed by atoms with Crippen LogP contribution in [0.3, 0.4) is 0 Å². The number of morpholine rings is 1. The second-order valence-electron chi connectivity index (χ2n) is 9.95. The van der Waals surface area contributed by atoms with E-state index in [-0.39, 0.29) is 23.6 Å². The zero-order valence-corrected chi connectivity index (χ0v) is 23.4. The molecule has 2 aromatic carbocycles. The molecule has 1 aliphatic heterocycles. The number of carbonyl (C=O) groups excluding carboxylic acids is 1. The third-order valence-corrected chi connectivity index (χ3v) is 12.0. The number of hydrogen-bond donors (Lipinski definition) is 0. The fourth-order valence-corrected chi connectivity index (χ4v) is 9.95. The Morgan fingerprint density at radius 1 is 1.06 bits per heavy atom. The van der Waals surface area contributed by atoms with Gasteiger partial charge in [-0.3, -0.25) is 9.69 Å². The lowest BCUT2D eigenvalue weighted by Gasteiger charge is -2.43. The van der Waals surface area contributed by atoms with Gasteiger partial charge in [0.05, 0.1) is 19.3 Å². The van der Waals surface area contributed by atoms with Gasteiger partial charge in [0.1, 0.15) is 17.0 Å². The van der Waals surface area contributed by atoms with Crippen LogP contribution in [-0.2, 0) is 20.6 Å². The highest BCUT2D eigenvalue weighted by Crippen LogP contribution is 2.37. The molecule has 0 saturated carbocycles. The normalized spacial score (nSPS) is 17.0. The number of nitrogens with zero attached hydrogens (tertiary/aromatic N) is 2. The first-order valence-corrected chi connectivity index (χ1v) is 14.8. The minimum absolute atomic E-state index is 0.0245. The van der Waals surface area contributed by atoms with Gasteiger partial charge in [0, 0.05) is 0 Å². The van der Waals surface area contributed by atoms with E-state index in [0.29, 0.717) is 23.6 Å². The van der Waals surface area contributed by atoms with E-state index in [4.69, 9.17) is 9.16 Å². The van der Waals surface area contributed by atoms with Crippen LogP contribution >= 0.6 is 15.9 Å². The molecular formula is C28H33BrN2O3Si. The molecule has 0 bridgehead atoms. The Morgan fingerprint density at radius 3 is 2.20 bits per heavy atom. The van der Waals surface area contributed by atoms with E-state index in [9.17, 15) is 4.79 Å². The summed E-state index contributed by atoms with van der Waals surface area (Å²) in [5.41, 5.74) is 0.976. The summed E-state index contributed by atoms with van der Waals surface area (Å²) in [4.78, 5) is 19.1. The molecule has 4 rings (SSSR count). The number of aromatic nitrogens is 1. The number of rotatable bonds is 7. The van der Waals surface area contributed by atoms with Gasteiger partial charge in [-0.2, -0.15) is 0 Å². The number of anilines is 1. The monoisotopic (exact) mass is 552 g/mol. The van der Waals surface area contributed by atoms with E-state index in [1.54, 1.807) is 4.90 Å². The number of ether oxygens (including phenoxy) is 1. The molecule has 1 atom stereocenters. The molecule has 2 heterocycles. The highest BCUT2D eigenvalue weighted by atomic mass is 79.9. The van der Waals surface area contributed by atoms with Gasteiger partial charge in [-0.05, 0) is 55.5 Å². The summed E-state index contributed by atoms with van der Waals surface area (Å²) < 4.78 is 13.3. The van der Waals surface area contributed by atoms with Gasteiger partial charge in [-0.15, -0.1) is 0 Å². The molecule has 7 heteroatoms. The molecule has 5 nitrogen and oxygen atoms in total. The number of hydrogen-bond acceptors (Lipinski definition) is 4. The van der Waals surface area contributed by atoms with Crippen molar-refractivity contribution in [3.63, 3.8) is 0 Å². The summed E-state index contributed by atoms with van der Waals surface area (Å²) in [5, 5.41) is 2.36. The predicted octanol–water partition coefficient (Wildman–Crippen LogP) is 5.06. The molecule has 1 amide bonds. The smallest absolute Gasteiger partial charge is 0.261 e. The lowest BCUT2D eigenvalue weighted by Crippen LogP contribution is -2.66. The second kappa shape index (κ2) is 10.7. The van der Waals surface area contributed by atoms with Gasteiger partial charge in [-0.25, -0.2) is 4.98 Å². The standard InChI is InChI=1S/C28H33BrN2O3Si/c1-5-22-19-33-20-27(32)31(22)26-17-21(16-25(29)30-26)18-34-35(28(2,3)4,23-12-8-6-9-13-23)24-14-10-7-11-15-24/h6-17,22H,5,18-20H2,1-4H3. The number of amides is 1. The highest BCUT2D eigenvalue weighted by Gasteiger charge is 2.50. The summed E-state index contributed by atoms with van der Waals surface area (Å²) in [6.45, 7) is 9.88. The summed E-state index contributed by atoms with van der Waals surface area (Å²) >= 11 is 3.57. The molecule has 1 fully saturated rings. The van der Waals surface area contributed by atoms with Crippen LogP contribution in [0.2, 0.25) is 5.04 Å². The van der Waals surface area contributed by atoms with Crippen molar-refractivity contribution < 1.29 is 14.0 Å². The van der Waals surface area contributed by atoms with Gasteiger partial charge in [0.25, 0.3) is 14.2 Å². The van der Waals surface area contributed by atoms with Crippen LogP contribution < -0.4 is 15.3 Å². The molecule has 0 spiro atoms. The molecule has 3 aromatic rings. The maximum Gasteiger partial charge on any atom is 0.261 e. The van der Waals surface area contributed by atoms with Crippen LogP contribution in [0.1, 0.15) is 39.7 Å². The molecule has 0 radical (unpaired) electrons. The fourth-order valence-electron chi connectivity index (χ4n) is 4.94. The van der Waals surface area contributed by atoms with Crippen molar-refractivity contribution in [2.24, 2.45) is 0 Å². The van der Waals surface area contributed by atoms with Gasteiger partial charge in [0.15, 0.2) is 0 Å². The lowest BCUT2D eigenvalue weighted by molar-refractivity contribution is -0.127. The van der Waals surface area contributed by atoms with Crippen molar-refractivity contribution in [2.75, 3.05) is 18.1 Å². The fraction of sp³-hybridized carbons (Fsp3) is 0.357. The van der Waals surface area contributed by atoms with Crippen molar-refractivity contribution in [2.45, 2.75) is 51.8 Å². The molecule has 184 valence electrons. The Kier molecular flexibility index (Phi) is 7.91. The van der Waals surface area contributed by atoms with Crippen LogP contribution in [0.15, 0.2) is 77.4 Å². The van der Waals surface area contributed by atoms with Crippen molar-refractivity contribution in [3.05, 3.63) is 83.0 Å². The maximum atomic E-state index is 12.7. The van der Waals surface area contributed by atoms with Crippen LogP contribution in [0, 0.1) is 0 Å². The summed E-state index contributed by atoms with van der Waals surface area (Å²) in [6.07, 6.45) is 0.799. The largest absolute Gasteiger partial charge is 0.403 e. The zero-order valence-electron chi connectivity index (χ0n) is 20.8. The van der Waals surface area contributed by atoms with E-state index >= 15 is 0 Å². The van der Waals surface area contributed by atoms with Crippen molar-refractivity contribution in [1.29, 1.82) is 0 Å². The first-order valence-electron chi connectivity index (χ1n) is 12.1. The van der Waals surface area contributed by atoms with E-state index < -0.39 is 8.32 Å². The van der Waals surface area contributed by atoms with E-state index in [0.717, 1.165) is 12.0 Å². The summed E-state index contributed by atoms with van der Waals surface area (Å²) in [5.74, 6) is 0.577. The molecule has 1 aromatic heterocycles. The minimum Gasteiger partial charge on any atom is -0.403 e. The number of benzene rings is 2. The van der Waals surface area contributed by atoms with E-state index in [2.05, 4.69) is 97.1 Å². The summed E-state index contributed by atoms with van der Waals surface area (Å²) in [7, 11) is -2.68.